The first-order valence-electron chi connectivity index (χ1n) is 9.02. The highest BCUT2D eigenvalue weighted by Crippen LogP contribution is 2.30. The molecule has 0 aliphatic carbocycles. The quantitative estimate of drug-likeness (QED) is 0.691. The third-order valence-electron chi connectivity index (χ3n) is 5.14. The van der Waals surface area contributed by atoms with Crippen molar-refractivity contribution < 1.29 is 9.47 Å². The second kappa shape index (κ2) is 7.32. The number of hydrogen-bond donors (Lipinski definition) is 0. The molecule has 0 fully saturated rings. The summed E-state index contributed by atoms with van der Waals surface area (Å²) in [4.78, 5) is 20.0. The Morgan fingerprint density at radius 3 is 2.59 bits per heavy atom. The number of nitrogens with zero attached hydrogens (tertiary/aromatic N) is 3. The predicted octanol–water partition coefficient (Wildman–Crippen LogP) is 2.84. The molecule has 7 heteroatoms. The summed E-state index contributed by atoms with van der Waals surface area (Å²) in [6.07, 6.45) is 0.748. The van der Waals surface area contributed by atoms with E-state index in [1.807, 2.05) is 35.1 Å². The van der Waals surface area contributed by atoms with Gasteiger partial charge in [0.1, 0.15) is 22.0 Å². The lowest BCUT2D eigenvalue weighted by atomic mass is 10.1. The van der Waals surface area contributed by atoms with Crippen molar-refractivity contribution >= 4 is 21.6 Å². The Kier molecular flexibility index (Phi) is 4.88. The lowest BCUT2D eigenvalue weighted by Crippen LogP contribution is -2.28. The van der Waals surface area contributed by atoms with Crippen LogP contribution < -0.4 is 15.0 Å². The van der Waals surface area contributed by atoms with Gasteiger partial charge in [0.15, 0.2) is 0 Å². The van der Waals surface area contributed by atoms with Crippen LogP contribution in [0.15, 0.2) is 28.4 Å². The molecule has 4 rings (SSSR count). The highest BCUT2D eigenvalue weighted by Gasteiger charge is 2.21. The molecule has 0 unspecified atom stereocenters. The van der Waals surface area contributed by atoms with Gasteiger partial charge in [-0.05, 0) is 30.0 Å². The molecule has 1 aromatic carbocycles. The van der Waals surface area contributed by atoms with Gasteiger partial charge in [0.05, 0.1) is 25.3 Å². The number of methoxy groups -OCH3 is 2. The van der Waals surface area contributed by atoms with Crippen molar-refractivity contribution in [1.29, 1.82) is 0 Å². The van der Waals surface area contributed by atoms with Gasteiger partial charge in [0.25, 0.3) is 5.56 Å². The Labute approximate surface area is 162 Å². The molecule has 6 nitrogen and oxygen atoms in total. The van der Waals surface area contributed by atoms with Crippen molar-refractivity contribution in [1.82, 2.24) is 14.5 Å². The highest BCUT2D eigenvalue weighted by atomic mass is 32.1. The van der Waals surface area contributed by atoms with Crippen molar-refractivity contribution in [3.63, 3.8) is 0 Å². The first kappa shape index (κ1) is 18.0. The number of thiophene rings is 1. The number of hydrogen-bond acceptors (Lipinski definition) is 6. The summed E-state index contributed by atoms with van der Waals surface area (Å²) < 4.78 is 13.7. The van der Waals surface area contributed by atoms with Gasteiger partial charge in [0, 0.05) is 32.6 Å². The fourth-order valence-electron chi connectivity index (χ4n) is 3.66. The number of rotatable bonds is 4. The van der Waals surface area contributed by atoms with Gasteiger partial charge in [-0.2, -0.15) is 0 Å². The predicted molar refractivity (Wildman–Crippen MR) is 107 cm³/mol. The van der Waals surface area contributed by atoms with E-state index in [0.29, 0.717) is 13.1 Å². The smallest absolute Gasteiger partial charge is 0.271 e. The van der Waals surface area contributed by atoms with Crippen molar-refractivity contribution in [2.75, 3.05) is 27.3 Å². The Morgan fingerprint density at radius 1 is 1.15 bits per heavy atom. The minimum Gasteiger partial charge on any atom is -0.496 e. The van der Waals surface area contributed by atoms with E-state index in [4.69, 9.17) is 14.5 Å². The van der Waals surface area contributed by atoms with Crippen LogP contribution in [-0.2, 0) is 19.5 Å². The van der Waals surface area contributed by atoms with E-state index in [-0.39, 0.29) is 5.56 Å². The van der Waals surface area contributed by atoms with Crippen LogP contribution in [0.25, 0.3) is 10.2 Å². The third-order valence-corrected chi connectivity index (χ3v) is 6.21. The average Bonchev–Trinajstić information content (AvgIpc) is 2.93. The van der Waals surface area contributed by atoms with E-state index in [9.17, 15) is 4.79 Å². The van der Waals surface area contributed by atoms with Crippen molar-refractivity contribution in [2.24, 2.45) is 0 Å². The fourth-order valence-corrected chi connectivity index (χ4v) is 4.59. The normalized spacial score (nSPS) is 14.8. The van der Waals surface area contributed by atoms with Crippen LogP contribution in [0.3, 0.4) is 0 Å². The van der Waals surface area contributed by atoms with Crippen LogP contribution in [0.2, 0.25) is 0 Å². The van der Waals surface area contributed by atoms with E-state index in [0.717, 1.165) is 58.2 Å². The molecule has 0 amide bonds. The molecule has 3 aromatic rings. The molecule has 0 radical (unpaired) electrons. The minimum absolute atomic E-state index is 0.0878. The maximum atomic E-state index is 12.9. The molecule has 0 saturated carbocycles. The third kappa shape index (κ3) is 3.21. The number of aromatic nitrogens is 2. The number of fused-ring (bicyclic) bond motifs is 2. The van der Waals surface area contributed by atoms with Crippen molar-refractivity contribution in [3.05, 3.63) is 50.9 Å². The molecule has 1 aliphatic heterocycles. The largest absolute Gasteiger partial charge is 0.496 e. The van der Waals surface area contributed by atoms with Gasteiger partial charge in [-0.15, -0.1) is 11.3 Å². The van der Waals surface area contributed by atoms with Crippen LogP contribution in [0.1, 0.15) is 17.0 Å². The van der Waals surface area contributed by atoms with Crippen LogP contribution in [0.5, 0.6) is 11.5 Å². The molecule has 2 aromatic heterocycles. The Morgan fingerprint density at radius 2 is 1.89 bits per heavy atom. The molecule has 1 aliphatic rings. The molecule has 27 heavy (non-hydrogen) atoms. The molecule has 3 heterocycles. The van der Waals surface area contributed by atoms with Crippen LogP contribution in [0.4, 0.5) is 0 Å². The summed E-state index contributed by atoms with van der Waals surface area (Å²) in [5.41, 5.74) is 3.06. The second-order valence-electron chi connectivity index (χ2n) is 6.75. The summed E-state index contributed by atoms with van der Waals surface area (Å²) in [5, 5.41) is 2.01. The maximum Gasteiger partial charge on any atom is 0.271 e. The molecule has 142 valence electrons. The Hall–Kier alpha value is -2.38. The fraction of sp³-hybridized carbons (Fsp3) is 0.400. The maximum absolute atomic E-state index is 12.9. The molecule has 0 atom stereocenters. The zero-order valence-corrected chi connectivity index (χ0v) is 16.6. The van der Waals surface area contributed by atoms with Crippen LogP contribution >= 0.6 is 11.3 Å². The summed E-state index contributed by atoms with van der Waals surface area (Å²) >= 11 is 1.49. The zero-order chi connectivity index (χ0) is 19.0. The first-order valence-corrected chi connectivity index (χ1v) is 9.90. The SMILES string of the molecule is COc1cccc(OC)c1CN1CCc2nc3c(C)csc3c(=O)n2CC1. The van der Waals surface area contributed by atoms with Crippen molar-refractivity contribution in [2.45, 2.75) is 26.4 Å². The Balaban J connectivity index is 1.62. The molecule has 0 bridgehead atoms. The van der Waals surface area contributed by atoms with Gasteiger partial charge >= 0.3 is 0 Å². The number of benzene rings is 1. The lowest BCUT2D eigenvalue weighted by molar-refractivity contribution is 0.261. The number of aryl methyl sites for hydroxylation is 1. The second-order valence-corrected chi connectivity index (χ2v) is 7.63. The van der Waals surface area contributed by atoms with E-state index >= 15 is 0 Å². The zero-order valence-electron chi connectivity index (χ0n) is 15.8. The van der Waals surface area contributed by atoms with Gasteiger partial charge in [0.2, 0.25) is 0 Å². The van der Waals surface area contributed by atoms with Gasteiger partial charge in [-0.3, -0.25) is 14.3 Å². The average molecular weight is 385 g/mol. The van der Waals surface area contributed by atoms with E-state index in [2.05, 4.69) is 4.90 Å². The Bertz CT molecular complexity index is 1020. The minimum atomic E-state index is 0.0878. The summed E-state index contributed by atoms with van der Waals surface area (Å²) in [6, 6.07) is 5.83. The van der Waals surface area contributed by atoms with E-state index in [1.54, 1.807) is 14.2 Å². The molecule has 0 spiro atoms. The van der Waals surface area contributed by atoms with Crippen LogP contribution in [0, 0.1) is 6.92 Å². The van der Waals surface area contributed by atoms with E-state index < -0.39 is 0 Å². The van der Waals surface area contributed by atoms with Gasteiger partial charge in [-0.1, -0.05) is 6.07 Å². The lowest BCUT2D eigenvalue weighted by Gasteiger charge is -2.22. The topological polar surface area (TPSA) is 56.6 Å². The monoisotopic (exact) mass is 385 g/mol. The first-order chi connectivity index (χ1) is 13.1. The van der Waals surface area contributed by atoms with E-state index in [1.165, 1.54) is 11.3 Å². The van der Waals surface area contributed by atoms with Crippen molar-refractivity contribution in [3.8, 4) is 11.5 Å². The molecular formula is C20H23N3O3S. The molecule has 0 N–H and O–H groups in total. The number of ether oxygens (including phenoxy) is 2. The molecule has 0 saturated heterocycles. The van der Waals surface area contributed by atoms with Crippen LogP contribution in [-0.4, -0.2) is 41.8 Å². The standard InChI is InChI=1S/C20H23N3O3S/c1-13-12-27-19-18(13)21-17-7-8-22(9-10-23(17)20(19)24)11-14-15(25-2)5-4-6-16(14)26-3/h4-6,12H,7-11H2,1-3H3. The van der Waals surface area contributed by atoms with Gasteiger partial charge < -0.3 is 9.47 Å². The summed E-state index contributed by atoms with van der Waals surface area (Å²) in [7, 11) is 3.35. The molecular weight excluding hydrogens is 362 g/mol. The summed E-state index contributed by atoms with van der Waals surface area (Å²) in [6.45, 7) is 4.99. The van der Waals surface area contributed by atoms with Gasteiger partial charge in [-0.25, -0.2) is 4.98 Å². The highest BCUT2D eigenvalue weighted by molar-refractivity contribution is 7.17. The summed E-state index contributed by atoms with van der Waals surface area (Å²) in [5.74, 6) is 2.52.